The highest BCUT2D eigenvalue weighted by molar-refractivity contribution is 5.11. The standard InChI is InChI=1S/C7H10O2/c1-2-7(5-9-7)3-6(1)4-8-6/h1-5H2. The quantitative estimate of drug-likeness (QED) is 0.446. The molecule has 0 radical (unpaired) electrons. The van der Waals surface area contributed by atoms with Crippen molar-refractivity contribution >= 4 is 0 Å². The van der Waals surface area contributed by atoms with Crippen LogP contribution >= 0.6 is 0 Å². The summed E-state index contributed by atoms with van der Waals surface area (Å²) >= 11 is 0. The van der Waals surface area contributed by atoms with Crippen LogP contribution in [0.1, 0.15) is 19.3 Å². The summed E-state index contributed by atoms with van der Waals surface area (Å²) in [6.45, 7) is 2.00. The number of rotatable bonds is 0. The average molecular weight is 126 g/mol. The first-order chi connectivity index (χ1) is 4.33. The van der Waals surface area contributed by atoms with E-state index in [1.807, 2.05) is 0 Å². The van der Waals surface area contributed by atoms with E-state index in [0.29, 0.717) is 11.2 Å². The van der Waals surface area contributed by atoms with Gasteiger partial charge in [-0.25, -0.2) is 0 Å². The minimum atomic E-state index is 0.316. The minimum absolute atomic E-state index is 0.316. The predicted molar refractivity (Wildman–Crippen MR) is 31.2 cm³/mol. The SMILES string of the molecule is C1CC2(CO2)CC12CO2. The van der Waals surface area contributed by atoms with Crippen molar-refractivity contribution < 1.29 is 9.47 Å². The molecule has 50 valence electrons. The zero-order valence-corrected chi connectivity index (χ0v) is 5.35. The Labute approximate surface area is 54.1 Å². The molecule has 1 saturated carbocycles. The second kappa shape index (κ2) is 1.06. The van der Waals surface area contributed by atoms with Crippen LogP contribution in [0.4, 0.5) is 0 Å². The highest BCUT2D eigenvalue weighted by atomic mass is 16.6. The molecule has 0 bridgehead atoms. The van der Waals surface area contributed by atoms with Gasteiger partial charge >= 0.3 is 0 Å². The lowest BCUT2D eigenvalue weighted by atomic mass is 10.1. The average Bonchev–Trinajstić information content (AvgIpc) is 2.62. The van der Waals surface area contributed by atoms with Gasteiger partial charge in [0.2, 0.25) is 0 Å². The molecular weight excluding hydrogens is 116 g/mol. The van der Waals surface area contributed by atoms with Crippen LogP contribution in [-0.2, 0) is 9.47 Å². The Balaban J connectivity index is 1.86. The summed E-state index contributed by atoms with van der Waals surface area (Å²) in [6, 6.07) is 0. The predicted octanol–water partition coefficient (Wildman–Crippen LogP) is 0.708. The van der Waals surface area contributed by atoms with Gasteiger partial charge in [0, 0.05) is 6.42 Å². The molecule has 3 aliphatic rings. The smallest absolute Gasteiger partial charge is 0.0946 e. The van der Waals surface area contributed by atoms with Gasteiger partial charge in [-0.1, -0.05) is 0 Å². The molecule has 1 aliphatic carbocycles. The van der Waals surface area contributed by atoms with Crippen LogP contribution < -0.4 is 0 Å². The first kappa shape index (κ1) is 4.69. The highest BCUT2D eigenvalue weighted by Gasteiger charge is 2.62. The fourth-order valence-electron chi connectivity index (χ4n) is 1.92. The highest BCUT2D eigenvalue weighted by Crippen LogP contribution is 2.55. The molecule has 2 nitrogen and oxygen atoms in total. The number of hydrogen-bond donors (Lipinski definition) is 0. The Morgan fingerprint density at radius 2 is 1.33 bits per heavy atom. The molecule has 2 saturated heterocycles. The van der Waals surface area contributed by atoms with Crippen molar-refractivity contribution in [2.45, 2.75) is 30.5 Å². The van der Waals surface area contributed by atoms with E-state index in [9.17, 15) is 0 Å². The molecule has 9 heavy (non-hydrogen) atoms. The zero-order valence-electron chi connectivity index (χ0n) is 5.35. The lowest BCUT2D eigenvalue weighted by Crippen LogP contribution is -2.09. The van der Waals surface area contributed by atoms with Crippen molar-refractivity contribution in [3.05, 3.63) is 0 Å². The molecule has 2 heterocycles. The Morgan fingerprint density at radius 1 is 0.889 bits per heavy atom. The summed E-state index contributed by atoms with van der Waals surface area (Å²) in [5.41, 5.74) is 0.632. The third kappa shape index (κ3) is 0.528. The van der Waals surface area contributed by atoms with Crippen LogP contribution in [0, 0.1) is 0 Å². The first-order valence-corrected chi connectivity index (χ1v) is 3.61. The van der Waals surface area contributed by atoms with Crippen molar-refractivity contribution in [2.24, 2.45) is 0 Å². The summed E-state index contributed by atoms with van der Waals surface area (Å²) < 4.78 is 10.7. The van der Waals surface area contributed by atoms with Crippen molar-refractivity contribution in [3.63, 3.8) is 0 Å². The maximum Gasteiger partial charge on any atom is 0.0946 e. The molecule has 0 amide bonds. The van der Waals surface area contributed by atoms with Crippen molar-refractivity contribution in [2.75, 3.05) is 13.2 Å². The van der Waals surface area contributed by atoms with E-state index in [-0.39, 0.29) is 0 Å². The van der Waals surface area contributed by atoms with Crippen molar-refractivity contribution in [1.82, 2.24) is 0 Å². The van der Waals surface area contributed by atoms with Gasteiger partial charge in [-0.05, 0) is 12.8 Å². The third-order valence-electron chi connectivity index (χ3n) is 2.79. The van der Waals surface area contributed by atoms with Crippen LogP contribution in [0.5, 0.6) is 0 Å². The molecule has 0 aromatic heterocycles. The molecule has 2 heteroatoms. The molecule has 2 spiro atoms. The summed E-state index contributed by atoms with van der Waals surface area (Å²) in [5.74, 6) is 0. The van der Waals surface area contributed by atoms with E-state index in [1.54, 1.807) is 0 Å². The van der Waals surface area contributed by atoms with Gasteiger partial charge in [-0.2, -0.15) is 0 Å². The summed E-state index contributed by atoms with van der Waals surface area (Å²) in [5, 5.41) is 0. The summed E-state index contributed by atoms with van der Waals surface area (Å²) in [6.07, 6.45) is 3.67. The second-order valence-electron chi connectivity index (χ2n) is 3.62. The van der Waals surface area contributed by atoms with E-state index in [4.69, 9.17) is 9.47 Å². The van der Waals surface area contributed by atoms with Gasteiger partial charge in [0.1, 0.15) is 0 Å². The topological polar surface area (TPSA) is 25.1 Å². The van der Waals surface area contributed by atoms with E-state index in [0.717, 1.165) is 13.2 Å². The van der Waals surface area contributed by atoms with Crippen molar-refractivity contribution in [1.29, 1.82) is 0 Å². The molecule has 2 aliphatic heterocycles. The first-order valence-electron chi connectivity index (χ1n) is 3.61. The molecule has 0 N–H and O–H groups in total. The summed E-state index contributed by atoms with van der Waals surface area (Å²) in [4.78, 5) is 0. The van der Waals surface area contributed by atoms with Crippen LogP contribution in [0.15, 0.2) is 0 Å². The van der Waals surface area contributed by atoms with E-state index in [1.165, 1.54) is 19.3 Å². The Bertz CT molecular complexity index is 138. The van der Waals surface area contributed by atoms with Crippen LogP contribution in [0.3, 0.4) is 0 Å². The molecule has 2 unspecified atom stereocenters. The Kier molecular flexibility index (Phi) is 0.552. The molecule has 3 rings (SSSR count). The lowest BCUT2D eigenvalue weighted by molar-refractivity contribution is 0.268. The maximum absolute atomic E-state index is 5.35. The Morgan fingerprint density at radius 3 is 1.56 bits per heavy atom. The largest absolute Gasteiger partial charge is 0.369 e. The van der Waals surface area contributed by atoms with Crippen LogP contribution in [0.25, 0.3) is 0 Å². The van der Waals surface area contributed by atoms with E-state index < -0.39 is 0 Å². The minimum Gasteiger partial charge on any atom is -0.369 e. The monoisotopic (exact) mass is 126 g/mol. The van der Waals surface area contributed by atoms with E-state index in [2.05, 4.69) is 0 Å². The molecular formula is C7H10O2. The molecule has 0 aromatic carbocycles. The maximum atomic E-state index is 5.35. The van der Waals surface area contributed by atoms with Crippen LogP contribution in [0.2, 0.25) is 0 Å². The van der Waals surface area contributed by atoms with Gasteiger partial charge in [0.25, 0.3) is 0 Å². The lowest BCUT2D eigenvalue weighted by Gasteiger charge is -1.97. The van der Waals surface area contributed by atoms with Gasteiger partial charge in [0.05, 0.1) is 24.4 Å². The number of hydrogen-bond acceptors (Lipinski definition) is 2. The zero-order chi connectivity index (χ0) is 5.95. The fraction of sp³-hybridized carbons (Fsp3) is 1.00. The van der Waals surface area contributed by atoms with Gasteiger partial charge in [-0.15, -0.1) is 0 Å². The fourth-order valence-corrected chi connectivity index (χ4v) is 1.92. The van der Waals surface area contributed by atoms with Gasteiger partial charge < -0.3 is 9.47 Å². The normalized spacial score (nSPS) is 61.3. The Hall–Kier alpha value is -0.0800. The van der Waals surface area contributed by atoms with Crippen molar-refractivity contribution in [3.8, 4) is 0 Å². The summed E-state index contributed by atoms with van der Waals surface area (Å²) in [7, 11) is 0. The molecule has 2 atom stereocenters. The van der Waals surface area contributed by atoms with Crippen LogP contribution in [-0.4, -0.2) is 24.4 Å². The number of epoxide rings is 2. The third-order valence-corrected chi connectivity index (χ3v) is 2.79. The molecule has 3 fully saturated rings. The van der Waals surface area contributed by atoms with E-state index >= 15 is 0 Å². The second-order valence-corrected chi connectivity index (χ2v) is 3.62. The van der Waals surface area contributed by atoms with Gasteiger partial charge in [0.15, 0.2) is 0 Å². The number of ether oxygens (including phenoxy) is 2. The molecule has 0 aromatic rings. The van der Waals surface area contributed by atoms with Gasteiger partial charge in [-0.3, -0.25) is 0 Å².